The van der Waals surface area contributed by atoms with Crippen molar-refractivity contribution in [1.82, 2.24) is 14.9 Å². The molecule has 1 saturated heterocycles. The Hall–Kier alpha value is -2.74. The highest BCUT2D eigenvalue weighted by molar-refractivity contribution is 8.00. The summed E-state index contributed by atoms with van der Waals surface area (Å²) in [6.07, 6.45) is 4.22. The molecule has 8 heteroatoms. The van der Waals surface area contributed by atoms with Crippen molar-refractivity contribution in [3.63, 3.8) is 0 Å². The molecule has 1 aliphatic heterocycles. The van der Waals surface area contributed by atoms with E-state index in [1.165, 1.54) is 4.90 Å². The number of carboxylic acid groups (broad SMARTS) is 1. The molecule has 2 aromatic rings. The van der Waals surface area contributed by atoms with E-state index in [-0.39, 0.29) is 11.7 Å². The molecular formula is C20H21N3O4S. The van der Waals surface area contributed by atoms with Gasteiger partial charge in [0.2, 0.25) is 5.91 Å². The van der Waals surface area contributed by atoms with Gasteiger partial charge in [-0.1, -0.05) is 49.0 Å². The average molecular weight is 399 g/mol. The van der Waals surface area contributed by atoms with Crippen molar-refractivity contribution < 1.29 is 19.5 Å². The minimum Gasteiger partial charge on any atom is -0.480 e. The highest BCUT2D eigenvalue weighted by Gasteiger charge is 2.40. The van der Waals surface area contributed by atoms with E-state index in [9.17, 15) is 19.5 Å². The lowest BCUT2D eigenvalue weighted by atomic mass is 9.97. The summed E-state index contributed by atoms with van der Waals surface area (Å²) in [5, 5.41) is 9.03. The Kier molecular flexibility index (Phi) is 6.41. The van der Waals surface area contributed by atoms with Crippen LogP contribution < -0.4 is 0 Å². The maximum absolute atomic E-state index is 13.2. The van der Waals surface area contributed by atoms with E-state index in [0.29, 0.717) is 30.1 Å². The quantitative estimate of drug-likeness (QED) is 0.434. The Morgan fingerprint density at radius 1 is 1.14 bits per heavy atom. The van der Waals surface area contributed by atoms with Crippen LogP contribution in [-0.2, 0) is 9.59 Å². The van der Waals surface area contributed by atoms with E-state index < -0.39 is 23.2 Å². The second kappa shape index (κ2) is 8.97. The Bertz CT molecular complexity index is 847. The van der Waals surface area contributed by atoms with Gasteiger partial charge in [-0.05, 0) is 18.9 Å². The highest BCUT2D eigenvalue weighted by atomic mass is 32.2. The van der Waals surface area contributed by atoms with Crippen molar-refractivity contribution in [3.05, 3.63) is 54.4 Å². The Labute approximate surface area is 167 Å². The second-order valence-electron chi connectivity index (χ2n) is 6.62. The van der Waals surface area contributed by atoms with Crippen LogP contribution in [0.2, 0.25) is 0 Å². The minimum atomic E-state index is -1.01. The fourth-order valence-corrected chi connectivity index (χ4v) is 4.32. The van der Waals surface area contributed by atoms with Crippen molar-refractivity contribution in [1.29, 1.82) is 0 Å². The zero-order valence-electron chi connectivity index (χ0n) is 15.4. The van der Waals surface area contributed by atoms with Crippen molar-refractivity contribution in [2.24, 2.45) is 5.92 Å². The molecular weight excluding hydrogens is 378 g/mol. The predicted octanol–water partition coefficient (Wildman–Crippen LogP) is 2.53. The first kappa shape index (κ1) is 20.0. The van der Waals surface area contributed by atoms with Crippen LogP contribution in [0.15, 0.2) is 53.9 Å². The third-order valence-electron chi connectivity index (χ3n) is 4.76. The topological polar surface area (TPSA) is 100 Å². The molecule has 0 radical (unpaired) electrons. The van der Waals surface area contributed by atoms with Crippen molar-refractivity contribution in [2.45, 2.75) is 36.2 Å². The van der Waals surface area contributed by atoms with E-state index >= 15 is 0 Å². The molecule has 1 aromatic heterocycles. The molecule has 7 nitrogen and oxygen atoms in total. The number of amides is 1. The molecule has 1 fully saturated rings. The molecule has 0 aliphatic carbocycles. The Morgan fingerprint density at radius 3 is 2.46 bits per heavy atom. The van der Waals surface area contributed by atoms with Gasteiger partial charge in [0.25, 0.3) is 0 Å². The number of hydrogen-bond donors (Lipinski definition) is 1. The number of likely N-dealkylation sites (tertiary alicyclic amines) is 1. The van der Waals surface area contributed by atoms with E-state index in [1.807, 2.05) is 6.07 Å². The summed E-state index contributed by atoms with van der Waals surface area (Å²) in [7, 11) is 0. The third-order valence-corrected chi connectivity index (χ3v) is 6.05. The number of Topliss-reactive ketones (excluding diaryl/α,β-unsaturated/α-hetero) is 1. The van der Waals surface area contributed by atoms with Crippen LogP contribution in [0.1, 0.15) is 30.1 Å². The van der Waals surface area contributed by atoms with Gasteiger partial charge in [-0.3, -0.25) is 9.59 Å². The fraction of sp³-hybridized carbons (Fsp3) is 0.350. The number of thioether (sulfide) groups is 1. The number of rotatable bonds is 7. The summed E-state index contributed by atoms with van der Waals surface area (Å²) in [4.78, 5) is 47.4. The monoisotopic (exact) mass is 399 g/mol. The summed E-state index contributed by atoms with van der Waals surface area (Å²) < 4.78 is 0. The van der Waals surface area contributed by atoms with Crippen LogP contribution in [0.5, 0.6) is 0 Å². The van der Waals surface area contributed by atoms with Crippen LogP contribution in [0.3, 0.4) is 0 Å². The maximum Gasteiger partial charge on any atom is 0.326 e. The number of hydrogen-bond acceptors (Lipinski definition) is 6. The lowest BCUT2D eigenvalue weighted by Gasteiger charge is -2.28. The van der Waals surface area contributed by atoms with Crippen LogP contribution in [0.25, 0.3) is 0 Å². The molecule has 3 atom stereocenters. The molecule has 1 aliphatic rings. The van der Waals surface area contributed by atoms with Crippen molar-refractivity contribution in [2.75, 3.05) is 6.54 Å². The van der Waals surface area contributed by atoms with Gasteiger partial charge < -0.3 is 10.0 Å². The third kappa shape index (κ3) is 4.39. The van der Waals surface area contributed by atoms with Crippen LogP contribution >= 0.6 is 11.8 Å². The zero-order chi connectivity index (χ0) is 20.1. The van der Waals surface area contributed by atoms with Gasteiger partial charge in [0, 0.05) is 24.5 Å². The lowest BCUT2D eigenvalue weighted by molar-refractivity contribution is -0.149. The molecule has 0 bridgehead atoms. The van der Waals surface area contributed by atoms with Gasteiger partial charge in [0.15, 0.2) is 10.9 Å². The maximum atomic E-state index is 13.2. The van der Waals surface area contributed by atoms with E-state index in [4.69, 9.17) is 0 Å². The number of carbonyl (C=O) groups excluding carboxylic acids is 2. The Morgan fingerprint density at radius 2 is 1.82 bits per heavy atom. The van der Waals surface area contributed by atoms with Crippen LogP contribution in [0, 0.1) is 5.92 Å². The molecule has 3 rings (SSSR count). The summed E-state index contributed by atoms with van der Waals surface area (Å²) in [6, 6.07) is 9.59. The van der Waals surface area contributed by atoms with Gasteiger partial charge >= 0.3 is 5.97 Å². The number of carbonyl (C=O) groups is 3. The van der Waals surface area contributed by atoms with Gasteiger partial charge in [-0.15, -0.1) is 0 Å². The first-order valence-electron chi connectivity index (χ1n) is 9.05. The second-order valence-corrected chi connectivity index (χ2v) is 7.73. The van der Waals surface area contributed by atoms with Crippen molar-refractivity contribution >= 4 is 29.4 Å². The molecule has 28 heavy (non-hydrogen) atoms. The molecule has 2 heterocycles. The van der Waals surface area contributed by atoms with E-state index in [0.717, 1.165) is 11.8 Å². The smallest absolute Gasteiger partial charge is 0.326 e. The van der Waals surface area contributed by atoms with Gasteiger partial charge in [0.05, 0.1) is 11.2 Å². The van der Waals surface area contributed by atoms with Gasteiger partial charge in [-0.2, -0.15) is 0 Å². The molecule has 0 saturated carbocycles. The SMILES string of the molecule is CC(C(=O)N1CCC[C@H]1C(=O)O)C(Sc1ncccn1)C(=O)c1ccccc1. The molecule has 1 aromatic carbocycles. The lowest BCUT2D eigenvalue weighted by Crippen LogP contribution is -2.46. The number of carboxylic acids is 1. The molecule has 0 spiro atoms. The zero-order valence-corrected chi connectivity index (χ0v) is 16.2. The largest absolute Gasteiger partial charge is 0.480 e. The molecule has 146 valence electrons. The fourth-order valence-electron chi connectivity index (χ4n) is 3.29. The van der Waals surface area contributed by atoms with Crippen molar-refractivity contribution in [3.8, 4) is 0 Å². The first-order chi connectivity index (χ1) is 13.5. The van der Waals surface area contributed by atoms with Gasteiger partial charge in [-0.25, -0.2) is 14.8 Å². The minimum absolute atomic E-state index is 0.204. The Balaban J connectivity index is 1.88. The summed E-state index contributed by atoms with van der Waals surface area (Å²) >= 11 is 1.13. The average Bonchev–Trinajstić information content (AvgIpc) is 3.22. The number of ketones is 1. The van der Waals surface area contributed by atoms with Crippen LogP contribution in [-0.4, -0.2) is 55.5 Å². The normalized spacial score (nSPS) is 18.5. The highest BCUT2D eigenvalue weighted by Crippen LogP contribution is 2.31. The number of benzene rings is 1. The molecule has 1 amide bonds. The van der Waals surface area contributed by atoms with E-state index in [1.54, 1.807) is 49.6 Å². The predicted molar refractivity (Wildman–Crippen MR) is 104 cm³/mol. The number of aromatic nitrogens is 2. The van der Waals surface area contributed by atoms with Crippen LogP contribution in [0.4, 0.5) is 0 Å². The molecule has 2 unspecified atom stereocenters. The molecule has 1 N–H and O–H groups in total. The van der Waals surface area contributed by atoms with Gasteiger partial charge in [0.1, 0.15) is 6.04 Å². The summed E-state index contributed by atoms with van der Waals surface area (Å²) in [5.74, 6) is -2.27. The van der Waals surface area contributed by atoms with E-state index in [2.05, 4.69) is 9.97 Å². The number of nitrogens with zero attached hydrogens (tertiary/aromatic N) is 3. The first-order valence-corrected chi connectivity index (χ1v) is 9.93. The summed E-state index contributed by atoms with van der Waals surface area (Å²) in [6.45, 7) is 2.06. The standard InChI is InChI=1S/C20H21N3O4S/c1-13(18(25)23-12-5-9-15(23)19(26)27)17(28-20-21-10-6-11-22-20)16(24)14-7-3-2-4-8-14/h2-4,6-8,10-11,13,15,17H,5,9,12H2,1H3,(H,26,27)/t13?,15-,17?/m0/s1. The summed E-state index contributed by atoms with van der Waals surface area (Å²) in [5.41, 5.74) is 0.492. The number of aliphatic carboxylic acids is 1.